The lowest BCUT2D eigenvalue weighted by Crippen LogP contribution is -2.23. The Morgan fingerprint density at radius 1 is 1.10 bits per heavy atom. The second-order valence-electron chi connectivity index (χ2n) is 5.13. The first kappa shape index (κ1) is 14.2. The van der Waals surface area contributed by atoms with E-state index in [1.54, 1.807) is 17.4 Å². The van der Waals surface area contributed by atoms with E-state index in [1.807, 2.05) is 30.3 Å². The Kier molecular flexibility index (Phi) is 4.32. The van der Waals surface area contributed by atoms with Crippen molar-refractivity contribution in [1.82, 2.24) is 5.32 Å². The normalized spacial score (nSPS) is 12.7. The van der Waals surface area contributed by atoms with Gasteiger partial charge in [0.25, 0.3) is 0 Å². The van der Waals surface area contributed by atoms with Gasteiger partial charge in [0.15, 0.2) is 0 Å². The van der Waals surface area contributed by atoms with Crippen LogP contribution >= 0.6 is 11.3 Å². The molecule has 0 bridgehead atoms. The molecule has 3 rings (SSSR count). The summed E-state index contributed by atoms with van der Waals surface area (Å²) in [4.78, 5) is 0. The van der Waals surface area contributed by atoms with E-state index in [4.69, 9.17) is 0 Å². The molecule has 0 aliphatic rings. The molecule has 0 spiro atoms. The van der Waals surface area contributed by atoms with Gasteiger partial charge in [0.2, 0.25) is 0 Å². The van der Waals surface area contributed by atoms with E-state index < -0.39 is 0 Å². The number of halogens is 1. The van der Waals surface area contributed by atoms with E-state index in [0.717, 1.165) is 23.9 Å². The number of benzene rings is 2. The van der Waals surface area contributed by atoms with Crippen LogP contribution in [0.25, 0.3) is 10.8 Å². The molecule has 3 aromatic rings. The minimum atomic E-state index is -0.158. The molecule has 0 radical (unpaired) electrons. The van der Waals surface area contributed by atoms with Gasteiger partial charge in [-0.15, -0.1) is 0 Å². The molecule has 1 atom stereocenters. The molecular weight excluding hydrogens is 281 g/mol. The van der Waals surface area contributed by atoms with Gasteiger partial charge in [0.05, 0.1) is 6.04 Å². The zero-order chi connectivity index (χ0) is 14.7. The van der Waals surface area contributed by atoms with Crippen LogP contribution < -0.4 is 5.32 Å². The van der Waals surface area contributed by atoms with Crippen LogP contribution in [0.4, 0.5) is 4.39 Å². The molecule has 1 N–H and O–H groups in total. The van der Waals surface area contributed by atoms with E-state index in [-0.39, 0.29) is 11.9 Å². The lowest BCUT2D eigenvalue weighted by Gasteiger charge is -2.20. The van der Waals surface area contributed by atoms with Crippen molar-refractivity contribution in [2.75, 3.05) is 6.54 Å². The molecule has 1 aromatic heterocycles. The third-order valence-electron chi connectivity index (χ3n) is 3.69. The minimum absolute atomic E-state index is 0.113. The van der Waals surface area contributed by atoms with Gasteiger partial charge in [-0.1, -0.05) is 37.3 Å². The van der Waals surface area contributed by atoms with Gasteiger partial charge in [0.1, 0.15) is 5.82 Å². The van der Waals surface area contributed by atoms with Gasteiger partial charge < -0.3 is 5.32 Å². The first-order valence-corrected chi connectivity index (χ1v) is 8.18. The Labute approximate surface area is 128 Å². The van der Waals surface area contributed by atoms with Gasteiger partial charge >= 0.3 is 0 Å². The Morgan fingerprint density at radius 3 is 2.62 bits per heavy atom. The summed E-state index contributed by atoms with van der Waals surface area (Å²) in [5, 5.41) is 9.50. The predicted molar refractivity (Wildman–Crippen MR) is 88.4 cm³/mol. The van der Waals surface area contributed by atoms with Gasteiger partial charge in [-0.05, 0) is 52.4 Å². The lowest BCUT2D eigenvalue weighted by molar-refractivity contribution is 0.600. The number of thiophene rings is 1. The fourth-order valence-electron chi connectivity index (χ4n) is 2.67. The van der Waals surface area contributed by atoms with Gasteiger partial charge in [-0.2, -0.15) is 11.3 Å². The number of hydrogen-bond donors (Lipinski definition) is 1. The molecule has 1 nitrogen and oxygen atoms in total. The highest BCUT2D eigenvalue weighted by molar-refractivity contribution is 7.08. The molecular formula is C18H18FNS. The van der Waals surface area contributed by atoms with Crippen LogP contribution in [0, 0.1) is 5.82 Å². The highest BCUT2D eigenvalue weighted by atomic mass is 32.1. The van der Waals surface area contributed by atoms with Gasteiger partial charge in [0, 0.05) is 5.39 Å². The Balaban J connectivity index is 2.13. The maximum absolute atomic E-state index is 14.0. The molecule has 2 aromatic carbocycles. The Bertz CT molecular complexity index is 721. The highest BCUT2D eigenvalue weighted by Gasteiger charge is 2.17. The predicted octanol–water partition coefficient (Wildman–Crippen LogP) is 5.13. The minimum Gasteiger partial charge on any atom is -0.306 e. The largest absolute Gasteiger partial charge is 0.306 e. The maximum Gasteiger partial charge on any atom is 0.131 e. The van der Waals surface area contributed by atoms with Crippen LogP contribution in [0.2, 0.25) is 0 Å². The van der Waals surface area contributed by atoms with E-state index >= 15 is 0 Å². The third kappa shape index (κ3) is 2.85. The first-order valence-electron chi connectivity index (χ1n) is 7.24. The molecule has 0 fully saturated rings. The molecule has 0 aliphatic heterocycles. The fraction of sp³-hybridized carbons (Fsp3) is 0.222. The molecule has 3 heteroatoms. The Morgan fingerprint density at radius 2 is 1.90 bits per heavy atom. The average Bonchev–Trinajstić information content (AvgIpc) is 3.04. The lowest BCUT2D eigenvalue weighted by atomic mass is 9.95. The van der Waals surface area contributed by atoms with Crippen LogP contribution in [0.5, 0.6) is 0 Å². The quantitative estimate of drug-likeness (QED) is 0.688. The van der Waals surface area contributed by atoms with Crippen LogP contribution in [-0.2, 0) is 0 Å². The van der Waals surface area contributed by atoms with Crippen molar-refractivity contribution in [3.05, 3.63) is 70.2 Å². The summed E-state index contributed by atoms with van der Waals surface area (Å²) in [5.41, 5.74) is 2.38. The molecule has 0 saturated heterocycles. The van der Waals surface area contributed by atoms with E-state index in [0.29, 0.717) is 5.39 Å². The monoisotopic (exact) mass is 299 g/mol. The van der Waals surface area contributed by atoms with E-state index in [2.05, 4.69) is 29.1 Å². The third-order valence-corrected chi connectivity index (χ3v) is 4.39. The molecule has 108 valence electrons. The van der Waals surface area contributed by atoms with E-state index in [9.17, 15) is 4.39 Å². The fourth-order valence-corrected chi connectivity index (χ4v) is 3.36. The van der Waals surface area contributed by atoms with Gasteiger partial charge in [-0.3, -0.25) is 0 Å². The molecule has 0 amide bonds. The van der Waals surface area contributed by atoms with Crippen molar-refractivity contribution in [3.63, 3.8) is 0 Å². The van der Waals surface area contributed by atoms with Crippen LogP contribution in [0.15, 0.2) is 53.2 Å². The summed E-state index contributed by atoms with van der Waals surface area (Å²) >= 11 is 1.69. The van der Waals surface area contributed by atoms with Crippen molar-refractivity contribution in [3.8, 4) is 0 Å². The SMILES string of the molecule is CCCNC(c1ccsc1)c1ccc(F)c2ccccc12. The second-order valence-corrected chi connectivity index (χ2v) is 5.91. The summed E-state index contributed by atoms with van der Waals surface area (Å²) in [6, 6.07) is 13.4. The molecule has 0 saturated carbocycles. The second kappa shape index (κ2) is 6.37. The van der Waals surface area contributed by atoms with Crippen molar-refractivity contribution < 1.29 is 4.39 Å². The van der Waals surface area contributed by atoms with Crippen molar-refractivity contribution >= 4 is 22.1 Å². The van der Waals surface area contributed by atoms with Crippen LogP contribution in [-0.4, -0.2) is 6.54 Å². The van der Waals surface area contributed by atoms with Crippen LogP contribution in [0.1, 0.15) is 30.5 Å². The zero-order valence-electron chi connectivity index (χ0n) is 12.0. The molecule has 21 heavy (non-hydrogen) atoms. The maximum atomic E-state index is 14.0. The topological polar surface area (TPSA) is 12.0 Å². The van der Waals surface area contributed by atoms with Crippen LogP contribution in [0.3, 0.4) is 0 Å². The molecule has 1 unspecified atom stereocenters. The van der Waals surface area contributed by atoms with Crippen molar-refractivity contribution in [2.24, 2.45) is 0 Å². The standard InChI is InChI=1S/C18H18FNS/c1-2-10-20-18(13-9-11-21-12-13)16-7-8-17(19)15-6-4-3-5-14(15)16/h3-9,11-12,18,20H,2,10H2,1H3. The smallest absolute Gasteiger partial charge is 0.131 e. The number of rotatable bonds is 5. The Hall–Kier alpha value is -1.71. The molecule has 1 heterocycles. The number of fused-ring (bicyclic) bond motifs is 1. The summed E-state index contributed by atoms with van der Waals surface area (Å²) in [5.74, 6) is -0.158. The van der Waals surface area contributed by atoms with Crippen molar-refractivity contribution in [2.45, 2.75) is 19.4 Å². The first-order chi connectivity index (χ1) is 10.3. The van der Waals surface area contributed by atoms with Crippen molar-refractivity contribution in [1.29, 1.82) is 0 Å². The number of nitrogens with one attached hydrogen (secondary N) is 1. The summed E-state index contributed by atoms with van der Waals surface area (Å²) in [6.07, 6.45) is 1.07. The van der Waals surface area contributed by atoms with Gasteiger partial charge in [-0.25, -0.2) is 4.39 Å². The summed E-state index contributed by atoms with van der Waals surface area (Å²) in [7, 11) is 0. The number of hydrogen-bond acceptors (Lipinski definition) is 2. The summed E-state index contributed by atoms with van der Waals surface area (Å²) < 4.78 is 14.0. The van der Waals surface area contributed by atoms with E-state index in [1.165, 1.54) is 5.56 Å². The highest BCUT2D eigenvalue weighted by Crippen LogP contribution is 2.31. The average molecular weight is 299 g/mol. The zero-order valence-corrected chi connectivity index (χ0v) is 12.8. The summed E-state index contributed by atoms with van der Waals surface area (Å²) in [6.45, 7) is 3.09. The molecule has 0 aliphatic carbocycles.